The molecule has 0 aromatic rings. The molecule has 0 bridgehead atoms. The average Bonchev–Trinajstić information content (AvgIpc) is 1.87. The van der Waals surface area contributed by atoms with Crippen LogP contribution in [0.2, 0.25) is 0 Å². The van der Waals surface area contributed by atoms with E-state index in [2.05, 4.69) is 9.01 Å². The molecule has 1 heterocycles. The van der Waals surface area contributed by atoms with Crippen LogP contribution in [0.15, 0.2) is 20.0 Å². The Balaban J connectivity index is 2.69. The fourth-order valence-electron chi connectivity index (χ4n) is 0.413. The quantitative estimate of drug-likeness (QED) is 0.479. The van der Waals surface area contributed by atoms with E-state index in [9.17, 15) is 0 Å². The molecule has 1 aliphatic rings. The molecule has 0 unspecified atom stereocenters. The van der Waals surface area contributed by atoms with Crippen LogP contribution in [-0.2, 0) is 0 Å². The third kappa shape index (κ3) is 1.19. The van der Waals surface area contributed by atoms with Crippen molar-refractivity contribution >= 4 is 19.8 Å². The van der Waals surface area contributed by atoms with Gasteiger partial charge >= 0.3 is 49.9 Å². The van der Waals surface area contributed by atoms with E-state index in [0.29, 0.717) is 5.76 Å². The minimum absolute atomic E-state index is 0.465. The monoisotopic (exact) mass is 210 g/mol. The Kier molecular flexibility index (Phi) is 1.37. The van der Waals surface area contributed by atoms with Gasteiger partial charge in [0.05, 0.1) is 0 Å². The molecule has 0 saturated heterocycles. The van der Waals surface area contributed by atoms with Gasteiger partial charge in [-0.25, -0.2) is 0 Å². The molecule has 0 atom stereocenters. The molecule has 0 radical (unpaired) electrons. The van der Waals surface area contributed by atoms with Gasteiger partial charge in [0.2, 0.25) is 0 Å². The first-order valence-corrected chi connectivity index (χ1v) is 6.60. The Bertz CT molecular complexity index is 126. The van der Waals surface area contributed by atoms with E-state index in [1.165, 1.54) is 0 Å². The topological polar surface area (TPSA) is 20.2 Å². The van der Waals surface area contributed by atoms with Gasteiger partial charge in [0.15, 0.2) is 0 Å². The Morgan fingerprint density at radius 3 is 2.57 bits per heavy atom. The molecule has 0 aromatic carbocycles. The number of allylic oxidation sites excluding steroid dienone is 1. The fraction of sp³-hybridized carbons (Fsp3) is 0.200. The van der Waals surface area contributed by atoms with Gasteiger partial charge in [-0.3, -0.25) is 0 Å². The van der Waals surface area contributed by atoms with Crippen LogP contribution in [0.25, 0.3) is 0 Å². The summed E-state index contributed by atoms with van der Waals surface area (Å²) in [6.45, 7) is 0. The first-order valence-electron chi connectivity index (χ1n) is 1.95. The van der Waals surface area contributed by atoms with E-state index >= 15 is 0 Å². The van der Waals surface area contributed by atoms with Crippen molar-refractivity contribution in [1.82, 2.24) is 0 Å². The van der Waals surface area contributed by atoms with Crippen LogP contribution in [0.1, 0.15) is 0 Å². The summed E-state index contributed by atoms with van der Waals surface area (Å²) < 4.78 is 4.07. The van der Waals surface area contributed by atoms with Crippen molar-refractivity contribution in [2.45, 2.75) is 0 Å². The Morgan fingerprint density at radius 1 is 1.71 bits per heavy atom. The van der Waals surface area contributed by atoms with Crippen LogP contribution in [0, 0.1) is 0 Å². The predicted octanol–water partition coefficient (Wildman–Crippen LogP) is 2.05. The number of halogens is 1. The molecular formula is C5H7IO. The van der Waals surface area contributed by atoms with E-state index in [1.54, 1.807) is 6.08 Å². The van der Waals surface area contributed by atoms with Gasteiger partial charge < -0.3 is 0 Å². The first kappa shape index (κ1) is 5.15. The summed E-state index contributed by atoms with van der Waals surface area (Å²) in [5, 5.41) is 8.71. The molecule has 0 aromatic heterocycles. The van der Waals surface area contributed by atoms with Crippen LogP contribution < -0.4 is 0 Å². The van der Waals surface area contributed by atoms with E-state index in [-0.39, 0.29) is 0 Å². The zero-order valence-electron chi connectivity index (χ0n) is 4.06. The zero-order valence-corrected chi connectivity index (χ0v) is 6.21. The van der Waals surface area contributed by atoms with Crippen molar-refractivity contribution in [3.8, 4) is 0 Å². The molecule has 7 heavy (non-hydrogen) atoms. The van der Waals surface area contributed by atoms with Gasteiger partial charge in [-0.05, 0) is 0 Å². The third-order valence-corrected chi connectivity index (χ3v) is 3.83. The Labute approximate surface area is 50.1 Å². The standard InChI is InChI=1S/C5H7IO/c1-6-3-2-5(7)4-6/h2-4,7H,1H3. The number of aliphatic hydroxyl groups excluding tert-OH is 1. The van der Waals surface area contributed by atoms with Crippen LogP contribution in [0.4, 0.5) is 0 Å². The number of hydrogen-bond donors (Lipinski definition) is 1. The third-order valence-electron chi connectivity index (χ3n) is 0.716. The normalized spacial score (nSPS) is 23.0. The van der Waals surface area contributed by atoms with Crippen LogP contribution in [0.3, 0.4) is 0 Å². The SMILES string of the molecule is CI1C=CC(O)=C1. The molecule has 1 nitrogen and oxygen atoms in total. The predicted molar refractivity (Wildman–Crippen MR) is 39.8 cm³/mol. The first-order chi connectivity index (χ1) is 3.29. The van der Waals surface area contributed by atoms with Gasteiger partial charge in [0.1, 0.15) is 0 Å². The van der Waals surface area contributed by atoms with Gasteiger partial charge in [0.25, 0.3) is 0 Å². The van der Waals surface area contributed by atoms with Gasteiger partial charge in [-0.1, -0.05) is 0 Å². The second-order valence-corrected chi connectivity index (χ2v) is 5.94. The van der Waals surface area contributed by atoms with Crippen molar-refractivity contribution in [2.75, 3.05) is 4.93 Å². The molecule has 0 spiro atoms. The van der Waals surface area contributed by atoms with E-state index in [0.717, 1.165) is 0 Å². The molecule has 0 aliphatic carbocycles. The summed E-state index contributed by atoms with van der Waals surface area (Å²) in [4.78, 5) is 2.18. The van der Waals surface area contributed by atoms with Crippen LogP contribution in [-0.4, -0.2) is 10.0 Å². The summed E-state index contributed by atoms with van der Waals surface area (Å²) in [6.07, 6.45) is 1.78. The van der Waals surface area contributed by atoms with Crippen molar-refractivity contribution in [1.29, 1.82) is 0 Å². The maximum absolute atomic E-state index is 8.71. The molecule has 1 aliphatic heterocycles. The van der Waals surface area contributed by atoms with E-state index in [1.807, 2.05) is 4.08 Å². The van der Waals surface area contributed by atoms with Crippen molar-refractivity contribution < 1.29 is 5.11 Å². The van der Waals surface area contributed by atoms with Crippen LogP contribution >= 0.6 is 19.8 Å². The van der Waals surface area contributed by atoms with Gasteiger partial charge in [-0.15, -0.1) is 0 Å². The maximum atomic E-state index is 8.71. The van der Waals surface area contributed by atoms with Crippen LogP contribution in [0.5, 0.6) is 0 Å². The Hall–Kier alpha value is 0.01000. The van der Waals surface area contributed by atoms with E-state index < -0.39 is 19.8 Å². The molecule has 40 valence electrons. The molecule has 2 heteroatoms. The average molecular weight is 210 g/mol. The van der Waals surface area contributed by atoms with Crippen molar-refractivity contribution in [3.05, 3.63) is 20.0 Å². The minimum atomic E-state index is -0.845. The summed E-state index contributed by atoms with van der Waals surface area (Å²) in [5.41, 5.74) is 0. The van der Waals surface area contributed by atoms with E-state index in [4.69, 9.17) is 5.11 Å². The zero-order chi connectivity index (χ0) is 5.28. The second-order valence-electron chi connectivity index (χ2n) is 1.39. The number of rotatable bonds is 0. The molecule has 0 saturated carbocycles. The summed E-state index contributed by atoms with van der Waals surface area (Å²) in [5.74, 6) is 0.465. The van der Waals surface area contributed by atoms with Gasteiger partial charge in [-0.2, -0.15) is 0 Å². The molecule has 1 rings (SSSR count). The fourth-order valence-corrected chi connectivity index (χ4v) is 2.77. The summed E-state index contributed by atoms with van der Waals surface area (Å²) in [7, 11) is 0. The summed E-state index contributed by atoms with van der Waals surface area (Å²) >= 11 is -0.845. The molecule has 1 N–H and O–H groups in total. The number of aliphatic hydroxyl groups is 1. The van der Waals surface area contributed by atoms with Crippen molar-refractivity contribution in [2.24, 2.45) is 0 Å². The number of hydrogen-bond acceptors (Lipinski definition) is 1. The number of alkyl halides is 1. The Morgan fingerprint density at radius 2 is 2.43 bits per heavy atom. The molecule has 0 amide bonds. The second kappa shape index (κ2) is 1.86. The summed E-state index contributed by atoms with van der Waals surface area (Å²) in [6, 6.07) is 0. The molecule has 0 fully saturated rings. The van der Waals surface area contributed by atoms with Crippen molar-refractivity contribution in [3.63, 3.8) is 0 Å². The molecular weight excluding hydrogens is 203 g/mol. The van der Waals surface area contributed by atoms with Gasteiger partial charge in [0, 0.05) is 0 Å².